The van der Waals surface area contributed by atoms with Gasteiger partial charge in [-0.1, -0.05) is 0 Å². The first kappa shape index (κ1) is 11.9. The molecule has 2 atom stereocenters. The molecule has 92 valence electrons. The molecule has 0 aromatic carbocycles. The van der Waals surface area contributed by atoms with Crippen LogP contribution in [-0.4, -0.2) is 29.6 Å². The second-order valence-electron chi connectivity index (χ2n) is 4.29. The highest BCUT2D eigenvalue weighted by atomic mass is 16.5. The highest BCUT2D eigenvalue weighted by Crippen LogP contribution is 2.15. The molecule has 3 N–H and O–H groups in total. The van der Waals surface area contributed by atoms with E-state index in [0.29, 0.717) is 11.4 Å². The number of rotatable bonds is 3. The number of nitrogens with zero attached hydrogens (tertiary/aromatic N) is 1. The molecule has 0 bridgehead atoms. The average Bonchev–Trinajstić information content (AvgIpc) is 2.82. The molecular formula is C12H17N3O2. The standard InChI is InChI=1S/C12H17N3O2/c1-8(11-3-2-6-17-11)15-12(16)10-7-9(13)4-5-14-10/h4-5,7-8,11H,2-3,6H2,1H3,(H2,13,14)(H,15,16). The number of nitrogens with two attached hydrogens (primary N) is 1. The molecule has 1 amide bonds. The number of nitrogen functional groups attached to an aromatic ring is 1. The van der Waals surface area contributed by atoms with Gasteiger partial charge in [0.2, 0.25) is 0 Å². The summed E-state index contributed by atoms with van der Waals surface area (Å²) >= 11 is 0. The van der Waals surface area contributed by atoms with Crippen molar-refractivity contribution in [3.05, 3.63) is 24.0 Å². The lowest BCUT2D eigenvalue weighted by atomic mass is 10.1. The first-order chi connectivity index (χ1) is 8.16. The number of nitrogens with one attached hydrogen (secondary N) is 1. The van der Waals surface area contributed by atoms with Gasteiger partial charge in [-0.25, -0.2) is 0 Å². The molecule has 2 unspecified atom stereocenters. The van der Waals surface area contributed by atoms with Crippen molar-refractivity contribution < 1.29 is 9.53 Å². The first-order valence-electron chi connectivity index (χ1n) is 5.81. The van der Waals surface area contributed by atoms with Gasteiger partial charge >= 0.3 is 0 Å². The summed E-state index contributed by atoms with van der Waals surface area (Å²) in [6.45, 7) is 2.72. The summed E-state index contributed by atoms with van der Waals surface area (Å²) in [5.41, 5.74) is 6.48. The molecule has 1 saturated heterocycles. The fourth-order valence-corrected chi connectivity index (χ4v) is 1.94. The minimum Gasteiger partial charge on any atom is -0.399 e. The van der Waals surface area contributed by atoms with Crippen LogP contribution in [0.4, 0.5) is 5.69 Å². The fraction of sp³-hybridized carbons (Fsp3) is 0.500. The molecule has 0 spiro atoms. The summed E-state index contributed by atoms with van der Waals surface area (Å²) in [5.74, 6) is -0.208. The van der Waals surface area contributed by atoms with Gasteiger partial charge < -0.3 is 15.8 Å². The molecule has 2 rings (SSSR count). The smallest absolute Gasteiger partial charge is 0.270 e. The van der Waals surface area contributed by atoms with Crippen LogP contribution in [0.3, 0.4) is 0 Å². The van der Waals surface area contributed by atoms with E-state index in [0.717, 1.165) is 19.4 Å². The number of aromatic nitrogens is 1. The van der Waals surface area contributed by atoms with Gasteiger partial charge in [-0.15, -0.1) is 0 Å². The van der Waals surface area contributed by atoms with Gasteiger partial charge in [0.05, 0.1) is 12.1 Å². The summed E-state index contributed by atoms with van der Waals surface area (Å²) < 4.78 is 5.52. The van der Waals surface area contributed by atoms with Gasteiger partial charge in [-0.3, -0.25) is 9.78 Å². The third kappa shape index (κ3) is 2.94. The second kappa shape index (κ2) is 5.14. The quantitative estimate of drug-likeness (QED) is 0.818. The summed E-state index contributed by atoms with van der Waals surface area (Å²) in [6.07, 6.45) is 3.69. The van der Waals surface area contributed by atoms with Crippen LogP contribution in [0.15, 0.2) is 18.3 Å². The highest BCUT2D eigenvalue weighted by Gasteiger charge is 2.24. The number of carbonyl (C=O) groups excluding carboxylic acids is 1. The Balaban J connectivity index is 1.96. The number of amides is 1. The van der Waals surface area contributed by atoms with Crippen LogP contribution in [-0.2, 0) is 4.74 Å². The normalized spacial score (nSPS) is 21.1. The third-order valence-corrected chi connectivity index (χ3v) is 2.90. The molecule has 17 heavy (non-hydrogen) atoms. The fourth-order valence-electron chi connectivity index (χ4n) is 1.94. The van der Waals surface area contributed by atoms with E-state index >= 15 is 0 Å². The van der Waals surface area contributed by atoms with Crippen LogP contribution >= 0.6 is 0 Å². The van der Waals surface area contributed by atoms with Crippen LogP contribution in [0, 0.1) is 0 Å². The summed E-state index contributed by atoms with van der Waals surface area (Å²) in [4.78, 5) is 15.9. The molecule has 1 aromatic heterocycles. The van der Waals surface area contributed by atoms with Gasteiger partial charge in [0.15, 0.2) is 0 Å². The molecule has 1 fully saturated rings. The molecule has 1 aliphatic heterocycles. The zero-order valence-electron chi connectivity index (χ0n) is 9.85. The number of ether oxygens (including phenoxy) is 1. The minimum absolute atomic E-state index is 0.00627. The van der Waals surface area contributed by atoms with Crippen molar-refractivity contribution in [1.29, 1.82) is 0 Å². The van der Waals surface area contributed by atoms with Crippen LogP contribution in [0.25, 0.3) is 0 Å². The molecule has 2 heterocycles. The lowest BCUT2D eigenvalue weighted by Gasteiger charge is -2.19. The molecule has 0 saturated carbocycles. The topological polar surface area (TPSA) is 77.2 Å². The van der Waals surface area contributed by atoms with Gasteiger partial charge in [-0.05, 0) is 31.9 Å². The largest absolute Gasteiger partial charge is 0.399 e. The van der Waals surface area contributed by atoms with E-state index in [4.69, 9.17) is 10.5 Å². The number of hydrogen-bond donors (Lipinski definition) is 2. The van der Waals surface area contributed by atoms with E-state index < -0.39 is 0 Å². The third-order valence-electron chi connectivity index (χ3n) is 2.90. The van der Waals surface area contributed by atoms with Crippen molar-refractivity contribution in [1.82, 2.24) is 10.3 Å². The van der Waals surface area contributed by atoms with Gasteiger partial charge in [0.25, 0.3) is 5.91 Å². The van der Waals surface area contributed by atoms with Gasteiger partial charge in [0.1, 0.15) is 5.69 Å². The van der Waals surface area contributed by atoms with Crippen LogP contribution in [0.5, 0.6) is 0 Å². The monoisotopic (exact) mass is 235 g/mol. The second-order valence-corrected chi connectivity index (χ2v) is 4.29. The first-order valence-corrected chi connectivity index (χ1v) is 5.81. The maximum Gasteiger partial charge on any atom is 0.270 e. The molecular weight excluding hydrogens is 218 g/mol. The lowest BCUT2D eigenvalue weighted by Crippen LogP contribution is -2.41. The van der Waals surface area contributed by atoms with Gasteiger partial charge in [0, 0.05) is 18.5 Å². The highest BCUT2D eigenvalue weighted by molar-refractivity contribution is 5.93. The SMILES string of the molecule is CC(NC(=O)c1cc(N)ccn1)C1CCCO1. The van der Waals surface area contributed by atoms with E-state index in [9.17, 15) is 4.79 Å². The average molecular weight is 235 g/mol. The summed E-state index contributed by atoms with van der Waals surface area (Å²) in [7, 11) is 0. The van der Waals surface area contributed by atoms with Crippen molar-refractivity contribution in [2.45, 2.75) is 31.9 Å². The summed E-state index contributed by atoms with van der Waals surface area (Å²) in [5, 5.41) is 2.88. The Morgan fingerprint density at radius 2 is 2.53 bits per heavy atom. The molecule has 0 aliphatic carbocycles. The van der Waals surface area contributed by atoms with Crippen molar-refractivity contribution >= 4 is 11.6 Å². The van der Waals surface area contributed by atoms with Crippen LogP contribution < -0.4 is 11.1 Å². The Kier molecular flexibility index (Phi) is 3.58. The van der Waals surface area contributed by atoms with E-state index in [1.807, 2.05) is 6.92 Å². The Morgan fingerprint density at radius 3 is 3.18 bits per heavy atom. The zero-order valence-corrected chi connectivity index (χ0v) is 9.85. The molecule has 0 radical (unpaired) electrons. The number of hydrogen-bond acceptors (Lipinski definition) is 4. The van der Waals surface area contributed by atoms with E-state index in [1.54, 1.807) is 12.1 Å². The van der Waals surface area contributed by atoms with Crippen LogP contribution in [0.1, 0.15) is 30.3 Å². The van der Waals surface area contributed by atoms with Crippen LogP contribution in [0.2, 0.25) is 0 Å². The Morgan fingerprint density at radius 1 is 1.71 bits per heavy atom. The van der Waals surface area contributed by atoms with E-state index in [1.165, 1.54) is 6.20 Å². The molecule has 5 nitrogen and oxygen atoms in total. The predicted molar refractivity (Wildman–Crippen MR) is 64.6 cm³/mol. The van der Waals surface area contributed by atoms with E-state index in [-0.39, 0.29) is 18.1 Å². The maximum absolute atomic E-state index is 11.9. The van der Waals surface area contributed by atoms with Gasteiger partial charge in [-0.2, -0.15) is 0 Å². The minimum atomic E-state index is -0.208. The van der Waals surface area contributed by atoms with Crippen molar-refractivity contribution in [3.8, 4) is 0 Å². The number of pyridine rings is 1. The molecule has 1 aromatic rings. The Labute approximate surface area is 100 Å². The van der Waals surface area contributed by atoms with Crippen molar-refractivity contribution in [2.24, 2.45) is 0 Å². The molecule has 5 heteroatoms. The zero-order chi connectivity index (χ0) is 12.3. The predicted octanol–water partition coefficient (Wildman–Crippen LogP) is 0.961. The van der Waals surface area contributed by atoms with E-state index in [2.05, 4.69) is 10.3 Å². The molecule has 1 aliphatic rings. The Hall–Kier alpha value is -1.62. The Bertz CT molecular complexity index is 402. The number of carbonyl (C=O) groups is 1. The van der Waals surface area contributed by atoms with Crippen molar-refractivity contribution in [2.75, 3.05) is 12.3 Å². The number of anilines is 1. The lowest BCUT2D eigenvalue weighted by molar-refractivity contribution is 0.0709. The summed E-state index contributed by atoms with van der Waals surface area (Å²) in [6, 6.07) is 3.21. The van der Waals surface area contributed by atoms with Crippen molar-refractivity contribution in [3.63, 3.8) is 0 Å². The maximum atomic E-state index is 11.9.